The highest BCUT2D eigenvalue weighted by molar-refractivity contribution is 5.75. The number of hydrogen-bond acceptors (Lipinski definition) is 2. The summed E-state index contributed by atoms with van der Waals surface area (Å²) in [6, 6.07) is 7.95. The highest BCUT2D eigenvalue weighted by Gasteiger charge is 2.08. The predicted octanol–water partition coefficient (Wildman–Crippen LogP) is 2.44. The van der Waals surface area contributed by atoms with Crippen molar-refractivity contribution in [1.82, 2.24) is 5.32 Å². The van der Waals surface area contributed by atoms with Crippen molar-refractivity contribution in [2.75, 3.05) is 6.54 Å². The van der Waals surface area contributed by atoms with Crippen LogP contribution in [0.5, 0.6) is 0 Å². The Hall–Kier alpha value is -1.35. The summed E-state index contributed by atoms with van der Waals surface area (Å²) in [5.41, 5.74) is 2.12. The fraction of sp³-hybridized carbons (Fsp3) is 0.533. The van der Waals surface area contributed by atoms with E-state index in [4.69, 9.17) is 0 Å². The van der Waals surface area contributed by atoms with Gasteiger partial charge in [0.2, 0.25) is 5.91 Å². The third-order valence-corrected chi connectivity index (χ3v) is 2.82. The van der Waals surface area contributed by atoms with Crippen molar-refractivity contribution >= 4 is 5.91 Å². The maximum absolute atomic E-state index is 11.1. The lowest BCUT2D eigenvalue weighted by Gasteiger charge is -2.13. The molecular formula is C15H23NO2. The minimum absolute atomic E-state index is 0.0366. The number of aliphatic hydroxyl groups excluding tert-OH is 1. The molecule has 18 heavy (non-hydrogen) atoms. The normalized spacial score (nSPS) is 12.5. The van der Waals surface area contributed by atoms with Crippen LogP contribution in [0.25, 0.3) is 0 Å². The molecule has 1 amide bonds. The van der Waals surface area contributed by atoms with Crippen molar-refractivity contribution in [3.63, 3.8) is 0 Å². The van der Waals surface area contributed by atoms with Crippen LogP contribution in [-0.4, -0.2) is 17.6 Å². The number of benzene rings is 1. The van der Waals surface area contributed by atoms with Crippen LogP contribution < -0.4 is 5.32 Å². The zero-order valence-electron chi connectivity index (χ0n) is 11.4. The molecule has 2 N–H and O–H groups in total. The van der Waals surface area contributed by atoms with Crippen molar-refractivity contribution in [2.24, 2.45) is 5.92 Å². The molecule has 1 unspecified atom stereocenters. The Kier molecular flexibility index (Phi) is 5.86. The first-order chi connectivity index (χ1) is 8.52. The van der Waals surface area contributed by atoms with Crippen LogP contribution in [0.1, 0.15) is 44.4 Å². The summed E-state index contributed by atoms with van der Waals surface area (Å²) in [4.78, 5) is 11.1. The van der Waals surface area contributed by atoms with E-state index in [2.05, 4.69) is 19.2 Å². The molecule has 100 valence electrons. The number of hydrogen-bond donors (Lipinski definition) is 2. The van der Waals surface area contributed by atoms with E-state index in [0.29, 0.717) is 12.3 Å². The van der Waals surface area contributed by atoms with Gasteiger partial charge in [0.15, 0.2) is 0 Å². The number of carbonyl (C=O) groups excluding carboxylic acids is 1. The molecule has 0 aliphatic rings. The van der Waals surface area contributed by atoms with Gasteiger partial charge >= 0.3 is 0 Å². The molecule has 1 aromatic carbocycles. The molecule has 0 aliphatic carbocycles. The maximum atomic E-state index is 11.1. The van der Waals surface area contributed by atoms with E-state index in [1.54, 1.807) is 6.92 Å². The smallest absolute Gasteiger partial charge is 0.219 e. The maximum Gasteiger partial charge on any atom is 0.219 e. The Morgan fingerprint density at radius 3 is 2.39 bits per heavy atom. The molecule has 0 radical (unpaired) electrons. The lowest BCUT2D eigenvalue weighted by molar-refractivity contribution is -0.121. The summed E-state index contributed by atoms with van der Waals surface area (Å²) in [6.07, 6.45) is 0.858. The molecule has 0 aromatic heterocycles. The van der Waals surface area contributed by atoms with Gasteiger partial charge in [-0.05, 0) is 23.5 Å². The lowest BCUT2D eigenvalue weighted by Crippen LogP contribution is -2.27. The van der Waals surface area contributed by atoms with Crippen molar-refractivity contribution in [3.8, 4) is 0 Å². The Morgan fingerprint density at radius 1 is 1.28 bits per heavy atom. The molecule has 0 spiro atoms. The SMILES string of the molecule is CCC(=O)NCC(O)c1ccc(CC(C)C)cc1. The highest BCUT2D eigenvalue weighted by atomic mass is 16.3. The van der Waals surface area contributed by atoms with Gasteiger partial charge in [-0.1, -0.05) is 45.0 Å². The van der Waals surface area contributed by atoms with E-state index in [1.165, 1.54) is 5.56 Å². The third kappa shape index (κ3) is 4.88. The fourth-order valence-corrected chi connectivity index (χ4v) is 1.80. The predicted molar refractivity (Wildman–Crippen MR) is 73.2 cm³/mol. The Balaban J connectivity index is 2.53. The molecule has 0 bridgehead atoms. The summed E-state index contributed by atoms with van der Waals surface area (Å²) in [7, 11) is 0. The van der Waals surface area contributed by atoms with E-state index in [1.807, 2.05) is 24.3 Å². The third-order valence-electron chi connectivity index (χ3n) is 2.82. The van der Waals surface area contributed by atoms with Crippen molar-refractivity contribution < 1.29 is 9.90 Å². The van der Waals surface area contributed by atoms with Crippen LogP contribution in [0.3, 0.4) is 0 Å². The summed E-state index contributed by atoms with van der Waals surface area (Å²) in [5.74, 6) is 0.593. The van der Waals surface area contributed by atoms with Gasteiger partial charge in [0.25, 0.3) is 0 Å². The number of amides is 1. The average molecular weight is 249 g/mol. The number of nitrogens with one attached hydrogen (secondary N) is 1. The molecule has 1 aromatic rings. The molecule has 1 rings (SSSR count). The number of aliphatic hydroxyl groups is 1. The van der Waals surface area contributed by atoms with Crippen LogP contribution in [0.4, 0.5) is 0 Å². The van der Waals surface area contributed by atoms with Gasteiger partial charge < -0.3 is 10.4 Å². The van der Waals surface area contributed by atoms with Gasteiger partial charge in [0, 0.05) is 13.0 Å². The molecule has 3 heteroatoms. The van der Waals surface area contributed by atoms with E-state index in [-0.39, 0.29) is 12.5 Å². The lowest BCUT2D eigenvalue weighted by atomic mass is 10.0. The largest absolute Gasteiger partial charge is 0.387 e. The van der Waals surface area contributed by atoms with E-state index in [9.17, 15) is 9.90 Å². The minimum atomic E-state index is -0.631. The zero-order valence-corrected chi connectivity index (χ0v) is 11.4. The Labute approximate surface area is 109 Å². The number of carbonyl (C=O) groups is 1. The average Bonchev–Trinajstić information content (AvgIpc) is 2.35. The first kappa shape index (κ1) is 14.7. The first-order valence-corrected chi connectivity index (χ1v) is 6.56. The van der Waals surface area contributed by atoms with E-state index < -0.39 is 6.10 Å². The summed E-state index contributed by atoms with van der Waals surface area (Å²) in [5, 5.41) is 12.6. The van der Waals surface area contributed by atoms with E-state index >= 15 is 0 Å². The summed E-state index contributed by atoms with van der Waals surface area (Å²) >= 11 is 0. The quantitative estimate of drug-likeness (QED) is 0.813. The fourth-order valence-electron chi connectivity index (χ4n) is 1.80. The first-order valence-electron chi connectivity index (χ1n) is 6.56. The molecule has 1 atom stereocenters. The van der Waals surface area contributed by atoms with Crippen LogP contribution >= 0.6 is 0 Å². The molecule has 0 fully saturated rings. The molecule has 0 saturated carbocycles. The second kappa shape index (κ2) is 7.17. The van der Waals surface area contributed by atoms with Crippen LogP contribution in [0.15, 0.2) is 24.3 Å². The molecular weight excluding hydrogens is 226 g/mol. The van der Waals surface area contributed by atoms with Gasteiger partial charge in [0.1, 0.15) is 0 Å². The van der Waals surface area contributed by atoms with Crippen molar-refractivity contribution in [1.29, 1.82) is 0 Å². The van der Waals surface area contributed by atoms with Crippen LogP contribution in [-0.2, 0) is 11.2 Å². The standard InChI is InChI=1S/C15H23NO2/c1-4-15(18)16-10-14(17)13-7-5-12(6-8-13)9-11(2)3/h5-8,11,14,17H,4,9-10H2,1-3H3,(H,16,18). The monoisotopic (exact) mass is 249 g/mol. The minimum Gasteiger partial charge on any atom is -0.387 e. The highest BCUT2D eigenvalue weighted by Crippen LogP contribution is 2.15. The van der Waals surface area contributed by atoms with Crippen LogP contribution in [0, 0.1) is 5.92 Å². The number of rotatable bonds is 6. The van der Waals surface area contributed by atoms with Crippen molar-refractivity contribution in [3.05, 3.63) is 35.4 Å². The van der Waals surface area contributed by atoms with Crippen molar-refractivity contribution in [2.45, 2.75) is 39.7 Å². The van der Waals surface area contributed by atoms with Crippen LogP contribution in [0.2, 0.25) is 0 Å². The molecule has 3 nitrogen and oxygen atoms in total. The summed E-state index contributed by atoms with van der Waals surface area (Å²) in [6.45, 7) is 6.44. The van der Waals surface area contributed by atoms with Gasteiger partial charge in [-0.25, -0.2) is 0 Å². The zero-order chi connectivity index (χ0) is 13.5. The second-order valence-electron chi connectivity index (χ2n) is 5.01. The van der Waals surface area contributed by atoms with Gasteiger partial charge in [-0.3, -0.25) is 4.79 Å². The molecule has 0 heterocycles. The van der Waals surface area contributed by atoms with E-state index in [0.717, 1.165) is 12.0 Å². The molecule has 0 saturated heterocycles. The topological polar surface area (TPSA) is 49.3 Å². The Morgan fingerprint density at radius 2 is 1.89 bits per heavy atom. The van der Waals surface area contributed by atoms with Gasteiger partial charge in [0.05, 0.1) is 6.10 Å². The van der Waals surface area contributed by atoms with Gasteiger partial charge in [-0.15, -0.1) is 0 Å². The van der Waals surface area contributed by atoms with Gasteiger partial charge in [-0.2, -0.15) is 0 Å². The molecule has 0 aliphatic heterocycles. The summed E-state index contributed by atoms with van der Waals surface area (Å²) < 4.78 is 0. The second-order valence-corrected chi connectivity index (χ2v) is 5.01. The Bertz CT molecular complexity index is 371.